The highest BCUT2D eigenvalue weighted by Crippen LogP contribution is 2.00. The van der Waals surface area contributed by atoms with Gasteiger partial charge in [-0.1, -0.05) is 0 Å². The molecule has 0 aliphatic heterocycles. The van der Waals surface area contributed by atoms with Crippen LogP contribution in [0.4, 0.5) is 0 Å². The van der Waals surface area contributed by atoms with Crippen molar-refractivity contribution >= 4 is 12.4 Å². The predicted octanol–water partition coefficient (Wildman–Crippen LogP) is 1.31. The Kier molecular flexibility index (Phi) is 9.91. The van der Waals surface area contributed by atoms with Crippen LogP contribution in [-0.2, 0) is 0 Å². The second-order valence-electron chi connectivity index (χ2n) is 1.96. The first-order valence-electron chi connectivity index (χ1n) is 2.91. The molecule has 0 aromatic rings. The van der Waals surface area contributed by atoms with Crippen LogP contribution in [0.15, 0.2) is 0 Å². The summed E-state index contributed by atoms with van der Waals surface area (Å²) in [6.07, 6.45) is 1.90. The topological polar surface area (TPSA) is 49.8 Å². The Bertz CT molecular complexity index is 87.5. The zero-order valence-corrected chi connectivity index (χ0v) is 6.45. The molecule has 2 N–H and O–H groups in total. The van der Waals surface area contributed by atoms with Crippen molar-refractivity contribution in [3.05, 3.63) is 0 Å². The molecule has 0 radical (unpaired) electrons. The molecular weight excluding hydrogens is 136 g/mol. The lowest BCUT2D eigenvalue weighted by molar-refractivity contribution is 0.624. The van der Waals surface area contributed by atoms with Gasteiger partial charge in [0.2, 0.25) is 0 Å². The number of hydrogen-bond acceptors (Lipinski definition) is 2. The third-order valence-electron chi connectivity index (χ3n) is 1.06. The third kappa shape index (κ3) is 7.74. The summed E-state index contributed by atoms with van der Waals surface area (Å²) in [6.45, 7) is 2.61. The van der Waals surface area contributed by atoms with Crippen molar-refractivity contribution in [3.8, 4) is 6.07 Å². The molecule has 3 heteroatoms. The minimum Gasteiger partial charge on any atom is -0.330 e. The first kappa shape index (κ1) is 11.5. The number of nitriles is 1. The molecule has 0 saturated carbocycles. The Labute approximate surface area is 62.4 Å². The van der Waals surface area contributed by atoms with Gasteiger partial charge >= 0.3 is 0 Å². The molecular formula is C6H13ClN2. The van der Waals surface area contributed by atoms with E-state index in [0.717, 1.165) is 12.8 Å². The van der Waals surface area contributed by atoms with E-state index in [1.54, 1.807) is 0 Å². The molecule has 0 fully saturated rings. The van der Waals surface area contributed by atoms with Crippen LogP contribution in [0.2, 0.25) is 0 Å². The van der Waals surface area contributed by atoms with Gasteiger partial charge in [0, 0.05) is 5.92 Å². The summed E-state index contributed by atoms with van der Waals surface area (Å²) in [5, 5.41) is 8.27. The Morgan fingerprint density at radius 2 is 2.22 bits per heavy atom. The molecule has 0 heterocycles. The second-order valence-corrected chi connectivity index (χ2v) is 1.96. The summed E-state index contributed by atoms with van der Waals surface area (Å²) in [5.41, 5.74) is 5.22. The maximum Gasteiger partial charge on any atom is 0.0652 e. The molecule has 9 heavy (non-hydrogen) atoms. The van der Waals surface area contributed by atoms with Crippen molar-refractivity contribution in [2.24, 2.45) is 11.7 Å². The number of hydrogen-bond donors (Lipinski definition) is 1. The smallest absolute Gasteiger partial charge is 0.0652 e. The van der Waals surface area contributed by atoms with Gasteiger partial charge in [0.25, 0.3) is 0 Å². The number of nitrogens with zero attached hydrogens (tertiary/aromatic N) is 1. The van der Waals surface area contributed by atoms with Crippen LogP contribution in [-0.4, -0.2) is 6.54 Å². The highest BCUT2D eigenvalue weighted by atomic mass is 35.5. The van der Waals surface area contributed by atoms with E-state index in [-0.39, 0.29) is 18.3 Å². The van der Waals surface area contributed by atoms with Gasteiger partial charge in [-0.3, -0.25) is 0 Å². The fourth-order valence-corrected chi connectivity index (χ4v) is 0.489. The van der Waals surface area contributed by atoms with E-state index in [1.807, 2.05) is 6.92 Å². The van der Waals surface area contributed by atoms with E-state index >= 15 is 0 Å². The third-order valence-corrected chi connectivity index (χ3v) is 1.06. The van der Waals surface area contributed by atoms with E-state index in [0.29, 0.717) is 6.54 Å². The summed E-state index contributed by atoms with van der Waals surface area (Å²) >= 11 is 0. The Morgan fingerprint density at radius 3 is 2.56 bits per heavy atom. The summed E-state index contributed by atoms with van der Waals surface area (Å²) in [5.74, 6) is 0.179. The molecule has 0 saturated heterocycles. The van der Waals surface area contributed by atoms with Gasteiger partial charge in [0.15, 0.2) is 0 Å². The van der Waals surface area contributed by atoms with Crippen LogP contribution >= 0.6 is 12.4 Å². The van der Waals surface area contributed by atoms with Crippen molar-refractivity contribution in [3.63, 3.8) is 0 Å². The average molecular weight is 149 g/mol. The number of rotatable bonds is 3. The summed E-state index contributed by atoms with van der Waals surface area (Å²) in [7, 11) is 0. The van der Waals surface area contributed by atoms with Crippen LogP contribution < -0.4 is 5.73 Å². The lowest BCUT2D eigenvalue weighted by Gasteiger charge is -1.96. The normalized spacial score (nSPS) is 11.2. The Morgan fingerprint density at radius 1 is 1.67 bits per heavy atom. The molecule has 0 amide bonds. The zero-order chi connectivity index (χ0) is 6.41. The van der Waals surface area contributed by atoms with Crippen molar-refractivity contribution in [1.82, 2.24) is 0 Å². The Hall–Kier alpha value is -0.260. The predicted molar refractivity (Wildman–Crippen MR) is 40.3 cm³/mol. The first-order valence-corrected chi connectivity index (χ1v) is 2.91. The van der Waals surface area contributed by atoms with Gasteiger partial charge in [0.1, 0.15) is 0 Å². The molecule has 0 aliphatic carbocycles. The quantitative estimate of drug-likeness (QED) is 0.656. The van der Waals surface area contributed by atoms with E-state index in [1.165, 1.54) is 0 Å². The van der Waals surface area contributed by atoms with Gasteiger partial charge in [-0.25, -0.2) is 0 Å². The molecule has 0 aromatic heterocycles. The first-order chi connectivity index (χ1) is 3.81. The van der Waals surface area contributed by atoms with Crippen molar-refractivity contribution in [2.45, 2.75) is 19.8 Å². The van der Waals surface area contributed by atoms with Gasteiger partial charge in [0.05, 0.1) is 6.07 Å². The highest BCUT2D eigenvalue weighted by molar-refractivity contribution is 5.85. The van der Waals surface area contributed by atoms with Crippen LogP contribution in [0.1, 0.15) is 19.8 Å². The maximum absolute atomic E-state index is 8.27. The summed E-state index contributed by atoms with van der Waals surface area (Å²) in [4.78, 5) is 0. The SMILES string of the molecule is CC(C#N)CCCN.Cl. The largest absolute Gasteiger partial charge is 0.330 e. The molecule has 0 aromatic carbocycles. The molecule has 2 nitrogen and oxygen atoms in total. The fourth-order valence-electron chi connectivity index (χ4n) is 0.489. The number of nitrogens with two attached hydrogens (primary N) is 1. The van der Waals surface area contributed by atoms with E-state index in [9.17, 15) is 0 Å². The minimum absolute atomic E-state index is 0. The van der Waals surface area contributed by atoms with Crippen LogP contribution in [0.3, 0.4) is 0 Å². The maximum atomic E-state index is 8.27. The molecule has 1 unspecified atom stereocenters. The van der Waals surface area contributed by atoms with Gasteiger partial charge in [-0.2, -0.15) is 5.26 Å². The summed E-state index contributed by atoms with van der Waals surface area (Å²) < 4.78 is 0. The van der Waals surface area contributed by atoms with E-state index in [4.69, 9.17) is 11.0 Å². The molecule has 0 aliphatic rings. The zero-order valence-electron chi connectivity index (χ0n) is 5.63. The van der Waals surface area contributed by atoms with Crippen LogP contribution in [0.25, 0.3) is 0 Å². The lowest BCUT2D eigenvalue weighted by atomic mass is 10.1. The molecule has 54 valence electrons. The molecule has 0 rings (SSSR count). The minimum atomic E-state index is 0. The van der Waals surface area contributed by atoms with Crippen LogP contribution in [0, 0.1) is 17.2 Å². The van der Waals surface area contributed by atoms with E-state index < -0.39 is 0 Å². The average Bonchev–Trinajstić information content (AvgIpc) is 1.83. The van der Waals surface area contributed by atoms with Crippen LogP contribution in [0.5, 0.6) is 0 Å². The molecule has 0 bridgehead atoms. The second kappa shape index (κ2) is 7.74. The van der Waals surface area contributed by atoms with Crippen molar-refractivity contribution < 1.29 is 0 Å². The highest BCUT2D eigenvalue weighted by Gasteiger charge is 1.95. The summed E-state index contributed by atoms with van der Waals surface area (Å²) in [6, 6.07) is 2.14. The molecule has 0 spiro atoms. The molecule has 1 atom stereocenters. The fraction of sp³-hybridized carbons (Fsp3) is 0.833. The van der Waals surface area contributed by atoms with E-state index in [2.05, 4.69) is 6.07 Å². The Balaban J connectivity index is 0. The standard InChI is InChI=1S/C6H12N2.ClH/c1-6(5-8)3-2-4-7;/h6H,2-4,7H2,1H3;1H. The lowest BCUT2D eigenvalue weighted by Crippen LogP contribution is -2.00. The number of halogens is 1. The van der Waals surface area contributed by atoms with Gasteiger partial charge in [-0.05, 0) is 26.3 Å². The monoisotopic (exact) mass is 148 g/mol. The van der Waals surface area contributed by atoms with Crippen molar-refractivity contribution in [2.75, 3.05) is 6.54 Å². The van der Waals surface area contributed by atoms with Crippen molar-refractivity contribution in [1.29, 1.82) is 5.26 Å². The van der Waals surface area contributed by atoms with Gasteiger partial charge in [-0.15, -0.1) is 12.4 Å². The van der Waals surface area contributed by atoms with Gasteiger partial charge < -0.3 is 5.73 Å².